The number of nitrogens with two attached hydrogens (primary N) is 2. The molecule has 1 heterocycles. The Labute approximate surface area is 159 Å². The Morgan fingerprint density at radius 2 is 1.93 bits per heavy atom. The van der Waals surface area contributed by atoms with Crippen LogP contribution in [0.25, 0.3) is 5.69 Å². The maximum atomic E-state index is 13.4. The molecule has 8 nitrogen and oxygen atoms in total. The van der Waals surface area contributed by atoms with Crippen LogP contribution in [0, 0.1) is 5.82 Å². The fourth-order valence-electron chi connectivity index (χ4n) is 2.69. The van der Waals surface area contributed by atoms with Crippen LogP contribution in [0.2, 0.25) is 0 Å². The molecule has 2 amide bonds. The normalized spacial score (nSPS) is 10.5. The molecule has 3 aromatic rings. The monoisotopic (exact) mass is 383 g/mol. The van der Waals surface area contributed by atoms with Crippen LogP contribution in [-0.2, 0) is 6.54 Å². The molecule has 0 radical (unpaired) electrons. The first-order chi connectivity index (χ1) is 13.4. The van der Waals surface area contributed by atoms with Gasteiger partial charge in [-0.3, -0.25) is 9.59 Å². The summed E-state index contributed by atoms with van der Waals surface area (Å²) in [6, 6.07) is 10.7. The second-order valence-electron chi connectivity index (χ2n) is 5.92. The largest absolute Gasteiger partial charge is 0.496 e. The van der Waals surface area contributed by atoms with E-state index in [0.717, 1.165) is 11.6 Å². The summed E-state index contributed by atoms with van der Waals surface area (Å²) in [6.07, 6.45) is 1.35. The topological polar surface area (TPSA) is 125 Å². The molecule has 0 bridgehead atoms. The Balaban J connectivity index is 1.73. The number of nitrogen functional groups attached to an aromatic ring is 1. The van der Waals surface area contributed by atoms with E-state index >= 15 is 0 Å². The SMILES string of the molecule is COc1ccc(F)cc1C(=O)NCc1ccc(-n2ncc(N)c2C(N)=O)cc1. The third-order valence-corrected chi connectivity index (χ3v) is 4.07. The van der Waals surface area contributed by atoms with E-state index in [9.17, 15) is 14.0 Å². The zero-order valence-electron chi connectivity index (χ0n) is 15.0. The number of halogens is 1. The molecule has 0 saturated carbocycles. The highest BCUT2D eigenvalue weighted by Gasteiger charge is 2.16. The second kappa shape index (κ2) is 7.78. The Bertz CT molecular complexity index is 1030. The molecular weight excluding hydrogens is 365 g/mol. The molecule has 5 N–H and O–H groups in total. The van der Waals surface area contributed by atoms with Crippen LogP contribution in [-0.4, -0.2) is 28.7 Å². The number of nitrogens with zero attached hydrogens (tertiary/aromatic N) is 2. The molecule has 0 saturated heterocycles. The number of primary amides is 1. The van der Waals surface area contributed by atoms with Gasteiger partial charge in [0.15, 0.2) is 5.69 Å². The van der Waals surface area contributed by atoms with Gasteiger partial charge in [-0.2, -0.15) is 5.10 Å². The highest BCUT2D eigenvalue weighted by molar-refractivity contribution is 5.97. The van der Waals surface area contributed by atoms with E-state index < -0.39 is 17.6 Å². The maximum absolute atomic E-state index is 13.4. The summed E-state index contributed by atoms with van der Waals surface area (Å²) in [5.41, 5.74) is 12.8. The van der Waals surface area contributed by atoms with Crippen LogP contribution in [0.5, 0.6) is 5.75 Å². The van der Waals surface area contributed by atoms with Crippen molar-refractivity contribution in [1.29, 1.82) is 0 Å². The van der Waals surface area contributed by atoms with Crippen LogP contribution < -0.4 is 21.5 Å². The summed E-state index contributed by atoms with van der Waals surface area (Å²) in [5.74, 6) is -1.39. The summed E-state index contributed by atoms with van der Waals surface area (Å²) in [5, 5.41) is 6.76. The number of anilines is 1. The molecule has 28 heavy (non-hydrogen) atoms. The lowest BCUT2D eigenvalue weighted by Gasteiger charge is -2.10. The standard InChI is InChI=1S/C19H18FN5O3/c1-28-16-7-4-12(20)8-14(16)19(27)23-9-11-2-5-13(6-3-11)25-17(18(22)26)15(21)10-24-25/h2-8,10H,9,21H2,1H3,(H2,22,26)(H,23,27). The Kier molecular flexibility index (Phi) is 5.25. The fourth-order valence-corrected chi connectivity index (χ4v) is 2.69. The first kappa shape index (κ1) is 18.9. The van der Waals surface area contributed by atoms with Gasteiger partial charge in [0.25, 0.3) is 11.8 Å². The van der Waals surface area contributed by atoms with Crippen molar-refractivity contribution >= 4 is 17.5 Å². The molecule has 0 aliphatic heterocycles. The molecule has 0 spiro atoms. The second-order valence-corrected chi connectivity index (χ2v) is 5.92. The van der Waals surface area contributed by atoms with Crippen molar-refractivity contribution in [2.24, 2.45) is 5.73 Å². The van der Waals surface area contributed by atoms with E-state index in [1.54, 1.807) is 24.3 Å². The Hall–Kier alpha value is -3.88. The minimum absolute atomic E-state index is 0.0965. The molecule has 0 atom stereocenters. The minimum Gasteiger partial charge on any atom is -0.496 e. The van der Waals surface area contributed by atoms with Crippen molar-refractivity contribution in [3.05, 3.63) is 71.3 Å². The van der Waals surface area contributed by atoms with Gasteiger partial charge in [-0.15, -0.1) is 0 Å². The van der Waals surface area contributed by atoms with Gasteiger partial charge in [0.2, 0.25) is 0 Å². The van der Waals surface area contributed by atoms with Crippen LogP contribution >= 0.6 is 0 Å². The minimum atomic E-state index is -0.685. The number of nitrogens with one attached hydrogen (secondary N) is 1. The Morgan fingerprint density at radius 3 is 2.57 bits per heavy atom. The van der Waals surface area contributed by atoms with Gasteiger partial charge >= 0.3 is 0 Å². The van der Waals surface area contributed by atoms with Crippen molar-refractivity contribution in [1.82, 2.24) is 15.1 Å². The average molecular weight is 383 g/mol. The summed E-state index contributed by atoms with van der Waals surface area (Å²) in [6.45, 7) is 0.211. The molecule has 0 aliphatic carbocycles. The number of aromatic nitrogens is 2. The summed E-state index contributed by atoms with van der Waals surface area (Å²) < 4.78 is 19.8. The number of amides is 2. The van der Waals surface area contributed by atoms with E-state index in [2.05, 4.69) is 10.4 Å². The lowest BCUT2D eigenvalue weighted by atomic mass is 10.1. The molecule has 0 fully saturated rings. The first-order valence-electron chi connectivity index (χ1n) is 8.25. The molecule has 1 aromatic heterocycles. The van der Waals surface area contributed by atoms with E-state index in [4.69, 9.17) is 16.2 Å². The molecule has 144 valence electrons. The van der Waals surface area contributed by atoms with Crippen molar-refractivity contribution in [2.45, 2.75) is 6.54 Å². The van der Waals surface area contributed by atoms with E-state index in [1.165, 1.54) is 30.1 Å². The van der Waals surface area contributed by atoms with Crippen LogP contribution in [0.3, 0.4) is 0 Å². The number of methoxy groups -OCH3 is 1. The number of carbonyl (C=O) groups is 2. The highest BCUT2D eigenvalue weighted by atomic mass is 19.1. The number of carbonyl (C=O) groups excluding carboxylic acids is 2. The molecule has 3 rings (SSSR count). The third kappa shape index (κ3) is 3.78. The van der Waals surface area contributed by atoms with E-state index in [0.29, 0.717) is 5.69 Å². The predicted molar refractivity (Wildman–Crippen MR) is 101 cm³/mol. The van der Waals surface area contributed by atoms with Gasteiger partial charge < -0.3 is 21.5 Å². The van der Waals surface area contributed by atoms with Crippen LogP contribution in [0.4, 0.5) is 10.1 Å². The molecule has 9 heteroatoms. The Morgan fingerprint density at radius 1 is 1.21 bits per heavy atom. The molecular formula is C19H18FN5O3. The lowest BCUT2D eigenvalue weighted by molar-refractivity contribution is 0.0946. The lowest BCUT2D eigenvalue weighted by Crippen LogP contribution is -2.23. The van der Waals surface area contributed by atoms with Crippen LogP contribution in [0.15, 0.2) is 48.7 Å². The number of hydrogen-bond donors (Lipinski definition) is 3. The van der Waals surface area contributed by atoms with Crippen molar-refractivity contribution in [3.63, 3.8) is 0 Å². The molecule has 2 aromatic carbocycles. The summed E-state index contributed by atoms with van der Waals surface area (Å²) in [4.78, 5) is 23.9. The molecule has 0 aliphatic rings. The van der Waals surface area contributed by atoms with Gasteiger partial charge in [-0.25, -0.2) is 9.07 Å². The van der Waals surface area contributed by atoms with Crippen LogP contribution in [0.1, 0.15) is 26.4 Å². The number of rotatable bonds is 6. The van der Waals surface area contributed by atoms with Gasteiger partial charge in [0, 0.05) is 6.54 Å². The maximum Gasteiger partial charge on any atom is 0.269 e. The van der Waals surface area contributed by atoms with Gasteiger partial charge in [-0.1, -0.05) is 12.1 Å². The van der Waals surface area contributed by atoms with E-state index in [1.807, 2.05) is 0 Å². The number of ether oxygens (including phenoxy) is 1. The summed E-state index contributed by atoms with van der Waals surface area (Å²) >= 11 is 0. The quantitative estimate of drug-likeness (QED) is 0.597. The van der Waals surface area contributed by atoms with Crippen molar-refractivity contribution in [2.75, 3.05) is 12.8 Å². The van der Waals surface area contributed by atoms with Gasteiger partial charge in [-0.05, 0) is 35.9 Å². The summed E-state index contributed by atoms with van der Waals surface area (Å²) in [7, 11) is 1.41. The molecule has 0 unspecified atom stereocenters. The highest BCUT2D eigenvalue weighted by Crippen LogP contribution is 2.20. The van der Waals surface area contributed by atoms with Gasteiger partial charge in [0.1, 0.15) is 11.6 Å². The number of benzene rings is 2. The first-order valence-corrected chi connectivity index (χ1v) is 8.25. The van der Waals surface area contributed by atoms with Crippen molar-refractivity contribution < 1.29 is 18.7 Å². The zero-order chi connectivity index (χ0) is 20.3. The van der Waals surface area contributed by atoms with Gasteiger partial charge in [0.05, 0.1) is 30.2 Å². The third-order valence-electron chi connectivity index (χ3n) is 4.07. The smallest absolute Gasteiger partial charge is 0.269 e. The number of hydrogen-bond acceptors (Lipinski definition) is 5. The van der Waals surface area contributed by atoms with Crippen molar-refractivity contribution in [3.8, 4) is 11.4 Å². The average Bonchev–Trinajstić information content (AvgIpc) is 3.08. The fraction of sp³-hybridized carbons (Fsp3) is 0.105. The zero-order valence-corrected chi connectivity index (χ0v) is 15.0. The predicted octanol–water partition coefficient (Wildman–Crippen LogP) is 1.63. The van der Waals surface area contributed by atoms with E-state index in [-0.39, 0.29) is 29.2 Å².